The van der Waals surface area contributed by atoms with Gasteiger partial charge in [-0.15, -0.1) is 0 Å². The van der Waals surface area contributed by atoms with E-state index in [-0.39, 0.29) is 17.2 Å². The standard InChI is InChI=1S/C15H28N2O2/c1-15(2,13-5-9-19-10-6-13)11-17-14(18)12-3-7-16-8-4-12/h12-13,16H,3-11H2,1-2H3,(H,17,18). The SMILES string of the molecule is CC(C)(CNC(=O)C1CCNCC1)C1CCOCC1. The molecule has 0 bridgehead atoms. The zero-order valence-corrected chi connectivity index (χ0v) is 12.3. The van der Waals surface area contributed by atoms with E-state index in [9.17, 15) is 4.79 Å². The number of ether oxygens (including phenoxy) is 1. The van der Waals surface area contributed by atoms with Gasteiger partial charge in [-0.1, -0.05) is 13.8 Å². The van der Waals surface area contributed by atoms with Gasteiger partial charge in [0.05, 0.1) is 0 Å². The lowest BCUT2D eigenvalue weighted by atomic mass is 9.74. The molecule has 0 saturated carbocycles. The molecule has 0 spiro atoms. The quantitative estimate of drug-likeness (QED) is 0.813. The van der Waals surface area contributed by atoms with Crippen molar-refractivity contribution in [2.24, 2.45) is 17.3 Å². The first-order valence-electron chi connectivity index (χ1n) is 7.66. The molecule has 2 rings (SSSR count). The van der Waals surface area contributed by atoms with E-state index in [1.54, 1.807) is 0 Å². The third-order valence-electron chi connectivity index (χ3n) is 4.75. The summed E-state index contributed by atoms with van der Waals surface area (Å²) in [6, 6.07) is 0. The first-order valence-corrected chi connectivity index (χ1v) is 7.66. The number of hydrogen-bond donors (Lipinski definition) is 2. The number of rotatable bonds is 4. The highest BCUT2D eigenvalue weighted by Gasteiger charge is 2.32. The average molecular weight is 268 g/mol. The molecule has 1 amide bonds. The lowest BCUT2D eigenvalue weighted by molar-refractivity contribution is -0.126. The van der Waals surface area contributed by atoms with Gasteiger partial charge in [-0.25, -0.2) is 0 Å². The van der Waals surface area contributed by atoms with Crippen LogP contribution in [0.4, 0.5) is 0 Å². The number of piperidine rings is 1. The Bertz CT molecular complexity index is 293. The molecule has 0 atom stereocenters. The van der Waals surface area contributed by atoms with Gasteiger partial charge < -0.3 is 15.4 Å². The number of nitrogens with one attached hydrogen (secondary N) is 2. The summed E-state index contributed by atoms with van der Waals surface area (Å²) in [5, 5.41) is 6.48. The molecular formula is C15H28N2O2. The van der Waals surface area contributed by atoms with Gasteiger partial charge in [-0.05, 0) is 50.1 Å². The molecular weight excluding hydrogens is 240 g/mol. The highest BCUT2D eigenvalue weighted by Crippen LogP contribution is 2.33. The molecule has 4 heteroatoms. The molecule has 2 N–H and O–H groups in total. The van der Waals surface area contributed by atoms with E-state index in [4.69, 9.17) is 4.74 Å². The van der Waals surface area contributed by atoms with Gasteiger partial charge in [0.15, 0.2) is 0 Å². The van der Waals surface area contributed by atoms with Gasteiger partial charge in [0.1, 0.15) is 0 Å². The molecule has 0 unspecified atom stereocenters. The van der Waals surface area contributed by atoms with Crippen molar-refractivity contribution in [1.82, 2.24) is 10.6 Å². The van der Waals surface area contributed by atoms with Crippen molar-refractivity contribution in [3.63, 3.8) is 0 Å². The van der Waals surface area contributed by atoms with Crippen LogP contribution in [0.2, 0.25) is 0 Å². The Balaban J connectivity index is 1.77. The van der Waals surface area contributed by atoms with E-state index in [0.29, 0.717) is 5.92 Å². The largest absolute Gasteiger partial charge is 0.381 e. The highest BCUT2D eigenvalue weighted by molar-refractivity contribution is 5.78. The van der Waals surface area contributed by atoms with Crippen molar-refractivity contribution in [2.75, 3.05) is 32.8 Å². The normalized spacial score (nSPS) is 23.3. The van der Waals surface area contributed by atoms with Gasteiger partial charge in [0.25, 0.3) is 0 Å². The summed E-state index contributed by atoms with van der Waals surface area (Å²) < 4.78 is 5.42. The summed E-state index contributed by atoms with van der Waals surface area (Å²) in [5.41, 5.74) is 0.173. The van der Waals surface area contributed by atoms with Crippen molar-refractivity contribution >= 4 is 5.91 Å². The second-order valence-electron chi connectivity index (χ2n) is 6.62. The van der Waals surface area contributed by atoms with Crippen LogP contribution in [0.3, 0.4) is 0 Å². The van der Waals surface area contributed by atoms with E-state index >= 15 is 0 Å². The summed E-state index contributed by atoms with van der Waals surface area (Å²) in [4.78, 5) is 12.2. The zero-order valence-electron chi connectivity index (χ0n) is 12.3. The molecule has 2 heterocycles. The van der Waals surface area contributed by atoms with Crippen LogP contribution in [0.5, 0.6) is 0 Å². The molecule has 0 aromatic rings. The van der Waals surface area contributed by atoms with Crippen LogP contribution in [0.25, 0.3) is 0 Å². The summed E-state index contributed by atoms with van der Waals surface area (Å²) in [5.74, 6) is 1.13. The van der Waals surface area contributed by atoms with Crippen LogP contribution in [-0.2, 0) is 9.53 Å². The third kappa shape index (κ3) is 4.18. The Labute approximate surface area is 116 Å². The Morgan fingerprint density at radius 2 is 1.84 bits per heavy atom. The van der Waals surface area contributed by atoms with Crippen LogP contribution in [0.1, 0.15) is 39.5 Å². The number of amides is 1. The minimum Gasteiger partial charge on any atom is -0.381 e. The number of carbonyl (C=O) groups excluding carboxylic acids is 1. The molecule has 0 aromatic heterocycles. The minimum atomic E-state index is 0.173. The van der Waals surface area contributed by atoms with Crippen LogP contribution in [0.15, 0.2) is 0 Å². The molecule has 19 heavy (non-hydrogen) atoms. The van der Waals surface area contributed by atoms with Gasteiger partial charge in [-0.3, -0.25) is 4.79 Å². The van der Waals surface area contributed by atoms with Crippen molar-refractivity contribution in [1.29, 1.82) is 0 Å². The monoisotopic (exact) mass is 268 g/mol. The highest BCUT2D eigenvalue weighted by atomic mass is 16.5. The molecule has 2 fully saturated rings. The predicted octanol–water partition coefficient (Wildman–Crippen LogP) is 1.55. The van der Waals surface area contributed by atoms with Crippen molar-refractivity contribution in [2.45, 2.75) is 39.5 Å². The van der Waals surface area contributed by atoms with Crippen molar-refractivity contribution in [3.05, 3.63) is 0 Å². The summed E-state index contributed by atoms with van der Waals surface area (Å²) >= 11 is 0. The zero-order chi connectivity index (χ0) is 13.7. The van der Waals surface area contributed by atoms with E-state index in [2.05, 4.69) is 24.5 Å². The van der Waals surface area contributed by atoms with Crippen LogP contribution in [-0.4, -0.2) is 38.8 Å². The van der Waals surface area contributed by atoms with Crippen LogP contribution >= 0.6 is 0 Å². The van der Waals surface area contributed by atoms with Gasteiger partial charge >= 0.3 is 0 Å². The molecule has 0 radical (unpaired) electrons. The first kappa shape index (κ1) is 14.8. The fraction of sp³-hybridized carbons (Fsp3) is 0.933. The van der Waals surface area contributed by atoms with Gasteiger partial charge in [0, 0.05) is 25.7 Å². The van der Waals surface area contributed by atoms with Crippen LogP contribution in [0, 0.1) is 17.3 Å². The first-order chi connectivity index (χ1) is 9.09. The number of carbonyl (C=O) groups is 1. The summed E-state index contributed by atoms with van der Waals surface area (Å²) in [7, 11) is 0. The Kier molecular flexibility index (Phi) is 5.22. The topological polar surface area (TPSA) is 50.4 Å². The second kappa shape index (κ2) is 6.71. The Hall–Kier alpha value is -0.610. The second-order valence-corrected chi connectivity index (χ2v) is 6.62. The molecule has 2 saturated heterocycles. The molecule has 4 nitrogen and oxygen atoms in total. The van der Waals surface area contributed by atoms with E-state index in [1.807, 2.05) is 0 Å². The fourth-order valence-electron chi connectivity index (χ4n) is 3.17. The number of hydrogen-bond acceptors (Lipinski definition) is 3. The Morgan fingerprint density at radius 1 is 1.21 bits per heavy atom. The van der Waals surface area contributed by atoms with Crippen molar-refractivity contribution in [3.8, 4) is 0 Å². The lowest BCUT2D eigenvalue weighted by Crippen LogP contribution is -2.44. The summed E-state index contributed by atoms with van der Waals surface area (Å²) in [6.07, 6.45) is 4.19. The van der Waals surface area contributed by atoms with Crippen LogP contribution < -0.4 is 10.6 Å². The third-order valence-corrected chi connectivity index (χ3v) is 4.75. The van der Waals surface area contributed by atoms with E-state index < -0.39 is 0 Å². The Morgan fingerprint density at radius 3 is 2.47 bits per heavy atom. The van der Waals surface area contributed by atoms with E-state index in [1.165, 1.54) is 0 Å². The van der Waals surface area contributed by atoms with E-state index in [0.717, 1.165) is 58.5 Å². The van der Waals surface area contributed by atoms with Gasteiger partial charge in [0.2, 0.25) is 5.91 Å². The lowest BCUT2D eigenvalue weighted by Gasteiger charge is -2.37. The maximum Gasteiger partial charge on any atom is 0.223 e. The molecule has 2 aliphatic heterocycles. The smallest absolute Gasteiger partial charge is 0.223 e. The summed E-state index contributed by atoms with van der Waals surface area (Å²) in [6.45, 7) is 9.02. The predicted molar refractivity (Wildman–Crippen MR) is 75.9 cm³/mol. The van der Waals surface area contributed by atoms with Crippen molar-refractivity contribution < 1.29 is 9.53 Å². The molecule has 110 valence electrons. The average Bonchev–Trinajstić information content (AvgIpc) is 2.47. The molecule has 0 aliphatic carbocycles. The maximum atomic E-state index is 12.2. The van der Waals surface area contributed by atoms with Gasteiger partial charge in [-0.2, -0.15) is 0 Å². The maximum absolute atomic E-state index is 12.2. The minimum absolute atomic E-state index is 0.173. The molecule has 0 aromatic carbocycles. The molecule has 2 aliphatic rings. The fourth-order valence-corrected chi connectivity index (χ4v) is 3.17.